The lowest BCUT2D eigenvalue weighted by Gasteiger charge is -2.21. The first-order valence-electron chi connectivity index (χ1n) is 4.04. The molecule has 0 aromatic carbocycles. The van der Waals surface area contributed by atoms with Gasteiger partial charge in [-0.1, -0.05) is 0 Å². The van der Waals surface area contributed by atoms with Crippen LogP contribution in [0.2, 0.25) is 0 Å². The van der Waals surface area contributed by atoms with Gasteiger partial charge < -0.3 is 9.90 Å². The van der Waals surface area contributed by atoms with Gasteiger partial charge in [-0.25, -0.2) is 4.57 Å². The molecule has 76 valence electrons. The Morgan fingerprint density at radius 1 is 1.79 bits per heavy atom. The molecule has 1 aliphatic rings. The number of aliphatic imine (C=N–C) groups is 1. The average Bonchev–Trinajstić information content (AvgIpc) is 2.20. The Bertz CT molecular complexity index is 300. The van der Waals surface area contributed by atoms with E-state index in [0.29, 0.717) is 12.0 Å². The lowest BCUT2D eigenvalue weighted by atomic mass is 9.91. The van der Waals surface area contributed by atoms with Crippen molar-refractivity contribution < 1.29 is 19.0 Å². The van der Waals surface area contributed by atoms with Gasteiger partial charge in [0.05, 0.1) is 18.2 Å². The van der Waals surface area contributed by atoms with E-state index < -0.39 is 14.6 Å². The predicted octanol–water partition coefficient (Wildman–Crippen LogP) is 1.51. The van der Waals surface area contributed by atoms with E-state index in [9.17, 15) is 14.5 Å². The summed E-state index contributed by atoms with van der Waals surface area (Å²) in [4.78, 5) is 14.6. The van der Waals surface area contributed by atoms with Crippen molar-refractivity contribution in [2.24, 2.45) is 16.8 Å². The van der Waals surface area contributed by atoms with Crippen LogP contribution >= 0.6 is 8.69 Å². The Labute approximate surface area is 82.8 Å². The van der Waals surface area contributed by atoms with Crippen LogP contribution in [-0.4, -0.2) is 24.2 Å². The van der Waals surface area contributed by atoms with Crippen LogP contribution in [0.3, 0.4) is 0 Å². The molecule has 0 spiro atoms. The molecule has 0 amide bonds. The molecule has 1 N–H and O–H groups in total. The minimum atomic E-state index is -0.644. The van der Waals surface area contributed by atoms with E-state index in [-0.39, 0.29) is 18.3 Å². The maximum Gasteiger partial charge on any atom is 0.327 e. The molecule has 1 heterocycles. The number of carbonyl (C=O) groups excluding carboxylic acids is 1. The number of aliphatic hydroxyl groups excluding tert-OH is 1. The summed E-state index contributed by atoms with van der Waals surface area (Å²) in [5, 5.41) is 9.51. The van der Waals surface area contributed by atoms with Crippen LogP contribution in [0, 0.1) is 11.8 Å². The van der Waals surface area contributed by atoms with Gasteiger partial charge in [0.25, 0.3) is 0 Å². The summed E-state index contributed by atoms with van der Waals surface area (Å²) in [6.45, 7) is 1.71. The molecular formula is C8H10NO4P. The van der Waals surface area contributed by atoms with Crippen molar-refractivity contribution in [3.8, 4) is 0 Å². The fourth-order valence-electron chi connectivity index (χ4n) is 1.24. The average molecular weight is 215 g/mol. The summed E-state index contributed by atoms with van der Waals surface area (Å²) in [7, 11) is -0.441. The van der Waals surface area contributed by atoms with Gasteiger partial charge in [-0.3, -0.25) is 9.52 Å². The van der Waals surface area contributed by atoms with Crippen molar-refractivity contribution in [3.05, 3.63) is 11.5 Å². The first-order valence-corrected chi connectivity index (χ1v) is 4.77. The molecular weight excluding hydrogens is 205 g/mol. The Morgan fingerprint density at radius 2 is 2.50 bits per heavy atom. The first-order chi connectivity index (χ1) is 6.70. The number of nitrogens with zero attached hydrogens (tertiary/aromatic N) is 1. The highest BCUT2D eigenvalue weighted by Crippen LogP contribution is 2.24. The molecule has 0 saturated heterocycles. The second-order valence-electron chi connectivity index (χ2n) is 2.94. The number of carbonyl (C=O) groups is 1. The van der Waals surface area contributed by atoms with Crippen molar-refractivity contribution in [3.63, 3.8) is 0 Å². The van der Waals surface area contributed by atoms with Crippen LogP contribution in [0.5, 0.6) is 0 Å². The molecule has 2 unspecified atom stereocenters. The highest BCUT2D eigenvalue weighted by molar-refractivity contribution is 7.17. The zero-order chi connectivity index (χ0) is 10.6. The van der Waals surface area contributed by atoms with Gasteiger partial charge in [0.2, 0.25) is 0 Å². The summed E-state index contributed by atoms with van der Waals surface area (Å²) < 4.78 is 14.7. The molecule has 0 fully saturated rings. The van der Waals surface area contributed by atoms with Gasteiger partial charge in [-0.15, -0.1) is 0 Å². The summed E-state index contributed by atoms with van der Waals surface area (Å²) in [5.74, 6) is -1.04. The summed E-state index contributed by atoms with van der Waals surface area (Å²) >= 11 is 0. The number of aliphatic hydroxyl groups is 1. The van der Waals surface area contributed by atoms with Crippen LogP contribution in [0.4, 0.5) is 0 Å². The monoisotopic (exact) mass is 215 g/mol. The van der Waals surface area contributed by atoms with Gasteiger partial charge in [0, 0.05) is 12.1 Å². The van der Waals surface area contributed by atoms with Crippen molar-refractivity contribution in [1.29, 1.82) is 0 Å². The van der Waals surface area contributed by atoms with Gasteiger partial charge in [-0.2, -0.15) is 0 Å². The summed E-state index contributed by atoms with van der Waals surface area (Å²) in [6, 6.07) is 0. The standard InChI is InChI=1S/C8H10NO4P/c1-5-8(11)7(3-10)6(2-9-5)4-13-14-12/h2-3,6-7,11H,4H2,1H3. The van der Waals surface area contributed by atoms with Crippen LogP contribution < -0.4 is 0 Å². The van der Waals surface area contributed by atoms with E-state index in [1.165, 1.54) is 6.21 Å². The molecule has 6 heteroatoms. The van der Waals surface area contributed by atoms with E-state index in [4.69, 9.17) is 0 Å². The van der Waals surface area contributed by atoms with E-state index in [0.717, 1.165) is 0 Å². The Hall–Kier alpha value is -1.06. The second kappa shape index (κ2) is 4.98. The molecule has 1 aliphatic heterocycles. The summed E-state index contributed by atoms with van der Waals surface area (Å²) in [6.07, 6.45) is 2.17. The zero-order valence-electron chi connectivity index (χ0n) is 7.58. The third kappa shape index (κ3) is 2.25. The Kier molecular flexibility index (Phi) is 3.92. The number of aldehydes is 1. The molecule has 14 heavy (non-hydrogen) atoms. The SMILES string of the molecule is CC1=C(O)C(C=O)C(COP=O)C=N1. The maximum atomic E-state index is 10.7. The minimum Gasteiger partial charge on any atom is -0.510 e. The first kappa shape index (κ1) is 11.0. The molecule has 0 aromatic heterocycles. The van der Waals surface area contributed by atoms with Gasteiger partial charge in [-0.05, 0) is 6.92 Å². The van der Waals surface area contributed by atoms with Crippen LogP contribution in [0.25, 0.3) is 0 Å². The number of hydrogen-bond donors (Lipinski definition) is 1. The van der Waals surface area contributed by atoms with Crippen LogP contribution in [-0.2, 0) is 13.9 Å². The summed E-state index contributed by atoms with van der Waals surface area (Å²) in [5.41, 5.74) is 0.429. The molecule has 2 atom stereocenters. The predicted molar refractivity (Wildman–Crippen MR) is 50.4 cm³/mol. The van der Waals surface area contributed by atoms with Gasteiger partial charge in [0.1, 0.15) is 12.0 Å². The third-order valence-corrected chi connectivity index (χ3v) is 2.33. The van der Waals surface area contributed by atoms with Gasteiger partial charge >= 0.3 is 8.69 Å². The van der Waals surface area contributed by atoms with E-state index in [1.807, 2.05) is 0 Å². The van der Waals surface area contributed by atoms with Crippen molar-refractivity contribution in [2.75, 3.05) is 6.61 Å². The second-order valence-corrected chi connectivity index (χ2v) is 3.35. The molecule has 0 aliphatic carbocycles. The normalized spacial score (nSPS) is 26.9. The smallest absolute Gasteiger partial charge is 0.327 e. The van der Waals surface area contributed by atoms with Crippen molar-refractivity contribution in [2.45, 2.75) is 6.92 Å². The van der Waals surface area contributed by atoms with Crippen molar-refractivity contribution >= 4 is 21.2 Å². The van der Waals surface area contributed by atoms with Crippen LogP contribution in [0.1, 0.15) is 6.92 Å². The maximum absolute atomic E-state index is 10.7. The van der Waals surface area contributed by atoms with Crippen LogP contribution in [0.15, 0.2) is 16.4 Å². The van der Waals surface area contributed by atoms with E-state index >= 15 is 0 Å². The number of allylic oxidation sites excluding steroid dienone is 2. The highest BCUT2D eigenvalue weighted by atomic mass is 31.1. The zero-order valence-corrected chi connectivity index (χ0v) is 8.48. The molecule has 1 rings (SSSR count). The quantitative estimate of drug-likeness (QED) is 0.569. The molecule has 5 nitrogen and oxygen atoms in total. The molecule has 0 bridgehead atoms. The Morgan fingerprint density at radius 3 is 3.07 bits per heavy atom. The Balaban J connectivity index is 2.76. The lowest BCUT2D eigenvalue weighted by molar-refractivity contribution is -0.111. The van der Waals surface area contributed by atoms with E-state index in [1.54, 1.807) is 6.92 Å². The largest absolute Gasteiger partial charge is 0.510 e. The molecule has 0 aromatic rings. The molecule has 0 saturated carbocycles. The third-order valence-electron chi connectivity index (χ3n) is 2.07. The van der Waals surface area contributed by atoms with Gasteiger partial charge in [0.15, 0.2) is 0 Å². The fraction of sp³-hybridized carbons (Fsp3) is 0.500. The van der Waals surface area contributed by atoms with E-state index in [2.05, 4.69) is 9.52 Å². The lowest BCUT2D eigenvalue weighted by Crippen LogP contribution is -2.26. The number of hydrogen-bond acceptors (Lipinski definition) is 5. The minimum absolute atomic E-state index is 0.0429. The molecule has 0 radical (unpaired) electrons. The highest BCUT2D eigenvalue weighted by Gasteiger charge is 2.28. The van der Waals surface area contributed by atoms with Crippen molar-refractivity contribution in [1.82, 2.24) is 0 Å². The topological polar surface area (TPSA) is 76.0 Å². The number of rotatable bonds is 4. The fourth-order valence-corrected chi connectivity index (χ4v) is 1.47.